The Hall–Kier alpha value is -1.82. The Morgan fingerprint density at radius 1 is 1.20 bits per heavy atom. The first-order chi connectivity index (χ1) is 9.41. The maximum Gasteiger partial charge on any atom is 0.416 e. The normalized spacial score (nSPS) is 11.4. The lowest BCUT2D eigenvalue weighted by molar-refractivity contribution is -0.137. The van der Waals surface area contributed by atoms with Crippen molar-refractivity contribution in [2.75, 3.05) is 6.61 Å². The van der Waals surface area contributed by atoms with Crippen molar-refractivity contribution in [2.24, 2.45) is 0 Å². The second kappa shape index (κ2) is 5.66. The number of hydrogen-bond donors (Lipinski definition) is 1. The van der Waals surface area contributed by atoms with E-state index in [0.29, 0.717) is 17.9 Å². The largest absolute Gasteiger partial charge is 0.493 e. The van der Waals surface area contributed by atoms with E-state index in [2.05, 4.69) is 4.98 Å². The molecule has 0 aliphatic rings. The third-order valence-electron chi connectivity index (χ3n) is 2.65. The van der Waals surface area contributed by atoms with Crippen LogP contribution < -0.4 is 4.74 Å². The second-order valence-electron chi connectivity index (χ2n) is 4.07. The Kier molecular flexibility index (Phi) is 4.13. The number of ether oxygens (including phenoxy) is 1. The van der Waals surface area contributed by atoms with Crippen LogP contribution in [0.3, 0.4) is 0 Å². The number of benzene rings is 1. The zero-order chi connectivity index (χ0) is 14.8. The van der Waals surface area contributed by atoms with Crippen LogP contribution in [0.15, 0.2) is 36.4 Å². The van der Waals surface area contributed by atoms with Crippen LogP contribution in [0, 0.1) is 4.64 Å². The fourth-order valence-corrected chi connectivity index (χ4v) is 2.06. The van der Waals surface area contributed by atoms with Gasteiger partial charge < -0.3 is 9.72 Å². The molecule has 6 heteroatoms. The van der Waals surface area contributed by atoms with Gasteiger partial charge in [0.2, 0.25) is 0 Å². The number of aromatic nitrogens is 1. The van der Waals surface area contributed by atoms with E-state index in [1.165, 1.54) is 0 Å². The molecule has 1 aromatic heterocycles. The Labute approximate surface area is 119 Å². The van der Waals surface area contributed by atoms with Crippen molar-refractivity contribution in [1.29, 1.82) is 0 Å². The molecule has 0 saturated carbocycles. The van der Waals surface area contributed by atoms with Gasteiger partial charge in [0.25, 0.3) is 0 Å². The molecular formula is C14H12F3NOS. The number of alkyl halides is 3. The lowest BCUT2D eigenvalue weighted by Gasteiger charge is -2.12. The smallest absolute Gasteiger partial charge is 0.416 e. The number of H-pyrrole nitrogens is 1. The maximum absolute atomic E-state index is 12.8. The first-order valence-electron chi connectivity index (χ1n) is 5.95. The summed E-state index contributed by atoms with van der Waals surface area (Å²) in [4.78, 5) is 2.77. The quantitative estimate of drug-likeness (QED) is 0.821. The van der Waals surface area contributed by atoms with Gasteiger partial charge in [-0.3, -0.25) is 0 Å². The predicted octanol–water partition coefficient (Wildman–Crippen LogP) is 4.83. The number of hydrogen-bond acceptors (Lipinski definition) is 2. The monoisotopic (exact) mass is 299 g/mol. The summed E-state index contributed by atoms with van der Waals surface area (Å²) in [7, 11) is 0. The summed E-state index contributed by atoms with van der Waals surface area (Å²) >= 11 is 4.87. The van der Waals surface area contributed by atoms with Gasteiger partial charge in [-0.15, -0.1) is 0 Å². The molecule has 0 radical (unpaired) electrons. The van der Waals surface area contributed by atoms with Gasteiger partial charge in [0, 0.05) is 5.56 Å². The molecule has 0 fully saturated rings. The van der Waals surface area contributed by atoms with Crippen LogP contribution in [-0.2, 0) is 6.18 Å². The van der Waals surface area contributed by atoms with Gasteiger partial charge >= 0.3 is 6.18 Å². The number of rotatable bonds is 3. The highest BCUT2D eigenvalue weighted by Crippen LogP contribution is 2.34. The standard InChI is InChI=1S/C14H12F3NOS/c1-2-19-12-6-4-3-5-10(12)11-7-9(14(15,16)17)8-13(20)18-11/h3-8H,2H2,1H3,(H,18,20). The van der Waals surface area contributed by atoms with Gasteiger partial charge in [-0.25, -0.2) is 0 Å². The molecular weight excluding hydrogens is 287 g/mol. The predicted molar refractivity (Wildman–Crippen MR) is 73.2 cm³/mol. The lowest BCUT2D eigenvalue weighted by atomic mass is 10.1. The van der Waals surface area contributed by atoms with Crippen molar-refractivity contribution in [3.8, 4) is 17.0 Å². The molecule has 0 bridgehead atoms. The van der Waals surface area contributed by atoms with Crippen molar-refractivity contribution in [2.45, 2.75) is 13.1 Å². The van der Waals surface area contributed by atoms with Crippen molar-refractivity contribution < 1.29 is 17.9 Å². The number of halogens is 3. The Bertz CT molecular complexity index is 664. The van der Waals surface area contributed by atoms with Crippen molar-refractivity contribution in [3.05, 3.63) is 46.6 Å². The molecule has 0 aliphatic carbocycles. The lowest BCUT2D eigenvalue weighted by Crippen LogP contribution is -2.06. The highest BCUT2D eigenvalue weighted by Gasteiger charge is 2.31. The number of aromatic amines is 1. The van der Waals surface area contributed by atoms with Crippen LogP contribution in [-0.4, -0.2) is 11.6 Å². The second-order valence-corrected chi connectivity index (χ2v) is 4.51. The number of para-hydroxylation sites is 1. The summed E-state index contributed by atoms with van der Waals surface area (Å²) in [5, 5.41) is 0. The fraction of sp³-hybridized carbons (Fsp3) is 0.214. The minimum atomic E-state index is -4.43. The number of pyridine rings is 1. The van der Waals surface area contributed by atoms with Crippen LogP contribution >= 0.6 is 12.2 Å². The van der Waals surface area contributed by atoms with E-state index in [-0.39, 0.29) is 10.3 Å². The summed E-state index contributed by atoms with van der Waals surface area (Å²) in [5.41, 5.74) is 0.0583. The van der Waals surface area contributed by atoms with Gasteiger partial charge in [0.1, 0.15) is 10.4 Å². The molecule has 1 N–H and O–H groups in total. The topological polar surface area (TPSA) is 25.0 Å². The van der Waals surface area contributed by atoms with E-state index in [1.54, 1.807) is 24.3 Å². The van der Waals surface area contributed by atoms with Crippen LogP contribution in [0.25, 0.3) is 11.3 Å². The summed E-state index contributed by atoms with van der Waals surface area (Å²) in [5.74, 6) is 0.514. The Balaban J connectivity index is 2.59. The molecule has 2 aromatic rings. The minimum Gasteiger partial charge on any atom is -0.493 e. The van der Waals surface area contributed by atoms with Gasteiger partial charge in [0.15, 0.2) is 0 Å². The van der Waals surface area contributed by atoms with Crippen LogP contribution in [0.4, 0.5) is 13.2 Å². The van der Waals surface area contributed by atoms with Crippen LogP contribution in [0.2, 0.25) is 0 Å². The fourth-order valence-electron chi connectivity index (χ4n) is 1.82. The molecule has 0 amide bonds. The average Bonchev–Trinajstić information content (AvgIpc) is 2.38. The summed E-state index contributed by atoms with van der Waals surface area (Å²) in [6, 6.07) is 8.82. The molecule has 0 spiro atoms. The van der Waals surface area contributed by atoms with E-state index in [0.717, 1.165) is 12.1 Å². The Morgan fingerprint density at radius 3 is 2.55 bits per heavy atom. The van der Waals surface area contributed by atoms with Crippen LogP contribution in [0.5, 0.6) is 5.75 Å². The first kappa shape index (κ1) is 14.6. The molecule has 2 rings (SSSR count). The van der Waals surface area contributed by atoms with E-state index in [4.69, 9.17) is 17.0 Å². The summed E-state index contributed by atoms with van der Waals surface area (Å²) in [6.07, 6.45) is -4.43. The van der Waals surface area contributed by atoms with Crippen molar-refractivity contribution >= 4 is 12.2 Å². The first-order valence-corrected chi connectivity index (χ1v) is 6.36. The van der Waals surface area contributed by atoms with E-state index >= 15 is 0 Å². The van der Waals surface area contributed by atoms with Gasteiger partial charge in [-0.2, -0.15) is 13.2 Å². The van der Waals surface area contributed by atoms with E-state index < -0.39 is 11.7 Å². The molecule has 0 saturated heterocycles. The zero-order valence-electron chi connectivity index (χ0n) is 10.6. The highest BCUT2D eigenvalue weighted by atomic mass is 32.1. The zero-order valence-corrected chi connectivity index (χ0v) is 11.4. The molecule has 106 valence electrons. The van der Waals surface area contributed by atoms with Gasteiger partial charge in [0.05, 0.1) is 17.9 Å². The highest BCUT2D eigenvalue weighted by molar-refractivity contribution is 7.71. The maximum atomic E-state index is 12.8. The van der Waals surface area contributed by atoms with Crippen LogP contribution in [0.1, 0.15) is 12.5 Å². The minimum absolute atomic E-state index is 0.0288. The molecule has 1 heterocycles. The molecule has 0 aliphatic heterocycles. The third kappa shape index (κ3) is 3.19. The molecule has 0 unspecified atom stereocenters. The summed E-state index contributed by atoms with van der Waals surface area (Å²) < 4.78 is 43.9. The van der Waals surface area contributed by atoms with Gasteiger partial charge in [-0.05, 0) is 31.2 Å². The SMILES string of the molecule is CCOc1ccccc1-c1cc(C(F)(F)F)cc(=S)[nH]1. The van der Waals surface area contributed by atoms with Crippen molar-refractivity contribution in [3.63, 3.8) is 0 Å². The van der Waals surface area contributed by atoms with E-state index in [1.807, 2.05) is 6.92 Å². The van der Waals surface area contributed by atoms with Crippen molar-refractivity contribution in [1.82, 2.24) is 4.98 Å². The Morgan fingerprint density at radius 2 is 1.90 bits per heavy atom. The molecule has 1 aromatic carbocycles. The third-order valence-corrected chi connectivity index (χ3v) is 2.87. The van der Waals surface area contributed by atoms with E-state index in [9.17, 15) is 13.2 Å². The molecule has 0 atom stereocenters. The molecule has 20 heavy (non-hydrogen) atoms. The van der Waals surface area contributed by atoms with Gasteiger partial charge in [-0.1, -0.05) is 24.4 Å². The molecule has 2 nitrogen and oxygen atoms in total. The average molecular weight is 299 g/mol. The number of nitrogens with one attached hydrogen (secondary N) is 1. The summed E-state index contributed by atoms with van der Waals surface area (Å²) in [6.45, 7) is 2.24.